The first-order valence-corrected chi connectivity index (χ1v) is 54.8. The lowest BCUT2D eigenvalue weighted by atomic mass is 9.79. The van der Waals surface area contributed by atoms with Gasteiger partial charge in [0, 0.05) is 158 Å². The molecule has 6 aliphatic carbocycles. The van der Waals surface area contributed by atoms with Crippen LogP contribution in [-0.2, 0) is 149 Å². The van der Waals surface area contributed by atoms with Crippen LogP contribution in [-0.4, -0.2) is 165 Å². The largest absolute Gasteiger partial charge is 0.431 e. The molecule has 11 N–H and O–H groups in total. The Kier molecular flexibility index (Phi) is 48.5. The molecule has 3 aliphatic heterocycles. The van der Waals surface area contributed by atoms with Crippen LogP contribution in [0, 0.1) is 6.57 Å². The lowest BCUT2D eigenvalue weighted by Crippen LogP contribution is -2.53. The van der Waals surface area contributed by atoms with Crippen LogP contribution in [0.3, 0.4) is 0 Å². The van der Waals surface area contributed by atoms with Gasteiger partial charge in [0.15, 0.2) is 31.0 Å². The quantitative estimate of drug-likeness (QED) is 0.0111. The molecule has 6 amide bonds. The number of nitrogens with one attached hydrogen (secondary N) is 5. The number of fused-ring (bicyclic) bond motifs is 6. The SMILES string of the molecule is CCc1ccc(Cl)cc1CNC(=O)C1CCCN1.CCc1ccc(Cl)cc1CNC(=O)[C@@H]1CCCN1C(=O)C1(O)CCCc2cnccc21.Cl.Cl.ClCCl.ClCCl.NCc1ccc(Cl)cc1CNC(=O)[C@@H]1CCCN1C(=O)C1(O)CCCc2cnccc21.O=C1CCCc2cnccc21.O=CNC1(O)CCCc2cnccc21.O=COC1(O)CCCc2cnccc21.[C-]#[N+]C1(O[Si](C)(C)C)CCCc2cnccc21. The molecule has 18 rings (SSSR count). The molecule has 39 heteroatoms. The molecule has 9 heterocycles. The Hall–Kier alpha value is -9.44. The molecule has 9 aromatic rings. The number of rotatable bonds is 20. The highest BCUT2D eigenvalue weighted by atomic mass is 35.5. The number of nitrogens with two attached hydrogens (primary N) is 1. The maximum absolute atomic E-state index is 13.5. The minimum atomic E-state index is -1.74. The van der Waals surface area contributed by atoms with Crippen molar-refractivity contribution in [1.29, 1.82) is 0 Å². The Morgan fingerprint density at radius 1 is 0.493 bits per heavy atom. The van der Waals surface area contributed by atoms with Crippen LogP contribution in [0.25, 0.3) is 4.85 Å². The van der Waals surface area contributed by atoms with Crippen LogP contribution in [0.1, 0.15) is 234 Å². The van der Waals surface area contributed by atoms with Crippen molar-refractivity contribution in [3.63, 3.8) is 0 Å². The molecule has 0 bridgehead atoms. The third-order valence-corrected chi connectivity index (χ3v) is 28.0. The molecule has 3 saturated heterocycles. The highest BCUT2D eigenvalue weighted by Gasteiger charge is 2.51. The fourth-order valence-corrected chi connectivity index (χ4v) is 21.4. The Balaban J connectivity index is 0.000000209. The Labute approximate surface area is 891 Å². The first-order valence-electron chi connectivity index (χ1n) is 48.2. The van der Waals surface area contributed by atoms with Gasteiger partial charge in [-0.2, -0.15) is 0 Å². The molecule has 6 unspecified atom stereocenters. The van der Waals surface area contributed by atoms with Crippen molar-refractivity contribution >= 4 is 163 Å². The van der Waals surface area contributed by atoms with Gasteiger partial charge in [0.05, 0.1) is 28.7 Å². The number of halogens is 9. The molecule has 8 atom stereocenters. The van der Waals surface area contributed by atoms with E-state index in [1.165, 1.54) is 16.0 Å². The summed E-state index contributed by atoms with van der Waals surface area (Å²) in [5.41, 5.74) is 17.5. The van der Waals surface area contributed by atoms with Crippen molar-refractivity contribution in [3.8, 4) is 0 Å². The number of pyridine rings is 6. The lowest BCUT2D eigenvalue weighted by Gasteiger charge is -2.37. The van der Waals surface area contributed by atoms with Crippen LogP contribution in [0.15, 0.2) is 165 Å². The van der Waals surface area contributed by atoms with Crippen molar-refractivity contribution in [2.45, 2.75) is 273 Å². The van der Waals surface area contributed by atoms with Crippen LogP contribution in [0.4, 0.5) is 0 Å². The Morgan fingerprint density at radius 3 is 1.31 bits per heavy atom. The number of Topliss-reactive ketones (excluding diaryl/α,β-unsaturated/α-hetero) is 1. The third kappa shape index (κ3) is 32.0. The summed E-state index contributed by atoms with van der Waals surface area (Å²) in [5, 5.41) is 59.8. The van der Waals surface area contributed by atoms with Gasteiger partial charge in [-0.25, -0.2) is 6.57 Å². The van der Waals surface area contributed by atoms with Gasteiger partial charge in [0.2, 0.25) is 29.9 Å². The van der Waals surface area contributed by atoms with E-state index in [0.29, 0.717) is 130 Å². The molecule has 0 radical (unpaired) electrons. The van der Waals surface area contributed by atoms with E-state index >= 15 is 0 Å². The summed E-state index contributed by atoms with van der Waals surface area (Å²) < 4.78 is 10.9. The summed E-state index contributed by atoms with van der Waals surface area (Å²) >= 11 is 37.3. The number of benzene rings is 3. The van der Waals surface area contributed by atoms with Gasteiger partial charge in [-0.1, -0.05) is 66.8 Å². The molecular formula is C105H130Cl9N15O14Si. The standard InChI is InChI=1S/C24H28ClN3O3.C23H27ClN4O3.C14H19ClN2O.C13H18N2OSi.C10H12N2O2.C10H11NO3.C9H9NO.2CH2Cl2.2ClH/c1-2-16-7-8-19(25)13-18(16)15-27-22(29)21-6-4-12-28(21)23(30)24(31)10-3-5-17-14-26-11-9-20(17)24;24-18-6-5-15(12-25)17(11-18)14-27-21(29)20-4-2-10-28(20)22(30)23(31)8-1-3-16-13-26-9-7-19(16)23;1-2-10-5-6-12(15)8-11(10)9-17-14(18)13-4-3-7-16-13;1-14-13(16-17(2,3)4)8-5-6-11-10-15-9-7-12(11)13;13-7-12-10(14)4-1-2-8-6-11-5-3-9(8)10;12-7-14-10(13)4-1-2-8-6-11-5-3-9(8)10;11-9-3-1-2-7-6-10-5-4-8(7)9;2*2-1-3;;/h7-9,11,13-14,21,31H,2-6,10,12,15H2,1H3,(H,27,29);5-7,9,11,13,20,31H,1-4,8,10,12,14,25H2,(H,27,29);5-6,8,13,16H,2-4,7,9H2,1H3,(H,17,18);7,9-10H,5-6,8H2,2-4H3;3,5-7,14H,1-2,4H2,(H,12,13);3,5-7,13H,1-2,4H2;4-6H,1-3H2;2*1H2;2*1H/t21-,24?;20-,23?;;;;;;;;;/m00........./s1. The number of alkyl halides is 4. The maximum atomic E-state index is 13.5. The Bertz CT molecular complexity index is 5580. The molecule has 3 aromatic carbocycles. The number of carbonyl (C=O) groups is 8. The zero-order chi connectivity index (χ0) is 103. The van der Waals surface area contributed by atoms with Gasteiger partial charge in [-0.15, -0.1) is 71.2 Å². The summed E-state index contributed by atoms with van der Waals surface area (Å²) in [6, 6.07) is 26.4. The van der Waals surface area contributed by atoms with Gasteiger partial charge < -0.3 is 71.7 Å². The van der Waals surface area contributed by atoms with E-state index in [1.807, 2.05) is 60.8 Å². The minimum absolute atomic E-state index is 0. The van der Waals surface area contributed by atoms with E-state index in [9.17, 15) is 58.8 Å². The van der Waals surface area contributed by atoms with Gasteiger partial charge in [0.1, 0.15) is 12.1 Å². The van der Waals surface area contributed by atoms with Gasteiger partial charge >= 0.3 is 5.72 Å². The highest BCUT2D eigenvalue weighted by Crippen LogP contribution is 2.44. The highest BCUT2D eigenvalue weighted by molar-refractivity contribution is 6.69. The monoisotopic (exact) mass is 2170 g/mol. The van der Waals surface area contributed by atoms with E-state index < -0.39 is 54.7 Å². The molecular weight excluding hydrogens is 2040 g/mol. The number of ketones is 1. The minimum Gasteiger partial charge on any atom is -0.431 e. The van der Waals surface area contributed by atoms with Crippen LogP contribution in [0.2, 0.25) is 34.7 Å². The Morgan fingerprint density at radius 2 is 0.882 bits per heavy atom. The number of ether oxygens (including phenoxy) is 1. The number of amides is 6. The predicted molar refractivity (Wildman–Crippen MR) is 567 cm³/mol. The molecule has 29 nitrogen and oxygen atoms in total. The van der Waals surface area contributed by atoms with Crippen molar-refractivity contribution < 1.29 is 67.9 Å². The number of carbonyl (C=O) groups excluding carboxylic acids is 8. The summed E-state index contributed by atoms with van der Waals surface area (Å²) in [6.07, 6.45) is 41.0. The molecule has 776 valence electrons. The van der Waals surface area contributed by atoms with E-state index in [-0.39, 0.29) is 84.0 Å². The molecule has 0 saturated carbocycles. The second-order valence-corrected chi connectivity index (χ2v) is 44.0. The van der Waals surface area contributed by atoms with Crippen LogP contribution >= 0.6 is 106 Å². The first-order chi connectivity index (χ1) is 68.3. The molecule has 6 aromatic heterocycles. The smallest absolute Gasteiger partial charge is 0.355 e. The normalized spacial score (nSPS) is 21.4. The summed E-state index contributed by atoms with van der Waals surface area (Å²) in [4.78, 5) is 128. The molecule has 144 heavy (non-hydrogen) atoms. The number of aryl methyl sites for hydroxylation is 8. The van der Waals surface area contributed by atoms with Gasteiger partial charge in [-0.3, -0.25) is 73.1 Å². The van der Waals surface area contributed by atoms with E-state index in [0.717, 1.165) is 187 Å². The first kappa shape index (κ1) is 120. The van der Waals surface area contributed by atoms with Crippen molar-refractivity contribution in [3.05, 3.63) is 292 Å². The number of nitrogens with zero attached hydrogens (tertiary/aromatic N) is 9. The zero-order valence-electron chi connectivity index (χ0n) is 81.7. The number of aromatic nitrogens is 6. The number of hydrogen-bond donors (Lipinski definition) is 10. The topological polar surface area (TPSA) is 410 Å². The molecule has 3 fully saturated rings. The molecule has 0 spiro atoms. The van der Waals surface area contributed by atoms with Crippen molar-refractivity contribution in [2.75, 3.05) is 30.3 Å². The summed E-state index contributed by atoms with van der Waals surface area (Å²) in [6.45, 7) is 21.8. The van der Waals surface area contributed by atoms with Crippen LogP contribution < -0.4 is 32.3 Å². The second kappa shape index (κ2) is 58.3. The van der Waals surface area contributed by atoms with Gasteiger partial charge in [0.25, 0.3) is 18.3 Å². The summed E-state index contributed by atoms with van der Waals surface area (Å²) in [5.74, 6) is -2.29. The fourth-order valence-electron chi connectivity index (χ4n) is 19.6. The average Bonchev–Trinajstić information content (AvgIpc) is 1.39. The average molecular weight is 2170 g/mol. The molecule has 9 aliphatic rings. The predicted octanol–water partition coefficient (Wildman–Crippen LogP) is 17.1. The van der Waals surface area contributed by atoms with Crippen LogP contribution in [0.5, 0.6) is 0 Å². The third-order valence-electron chi connectivity index (χ3n) is 26.4. The van der Waals surface area contributed by atoms with Crippen molar-refractivity contribution in [2.24, 2.45) is 5.73 Å². The lowest BCUT2D eigenvalue weighted by molar-refractivity contribution is -0.208. The fraction of sp³-hybridized carbons (Fsp3) is 0.457. The second-order valence-electron chi connectivity index (χ2n) is 36.7. The van der Waals surface area contributed by atoms with Crippen molar-refractivity contribution in [1.82, 2.24) is 66.3 Å². The van der Waals surface area contributed by atoms with E-state index in [4.69, 9.17) is 103 Å². The summed E-state index contributed by atoms with van der Waals surface area (Å²) in [7, 11) is -1.74. The van der Waals surface area contributed by atoms with Gasteiger partial charge in [-0.05, 0) is 325 Å². The van der Waals surface area contributed by atoms with E-state index in [1.54, 1.807) is 109 Å². The number of aliphatic hydroxyl groups is 4. The maximum Gasteiger partial charge on any atom is 0.355 e. The number of hydrogen-bond acceptors (Lipinski definition) is 22. The van der Waals surface area contributed by atoms with E-state index in [2.05, 4.69) is 94.8 Å². The zero-order valence-corrected chi connectivity index (χ0v) is 89.6. The number of likely N-dealkylation sites (tertiary alicyclic amines) is 2.